The SMILES string of the molecule is CCCC(Nc1ccc(C#N)cc1F)c1cccs1. The van der Waals surface area contributed by atoms with Crippen molar-refractivity contribution in [2.75, 3.05) is 5.32 Å². The van der Waals surface area contributed by atoms with Gasteiger partial charge in [-0.3, -0.25) is 0 Å². The molecule has 1 heterocycles. The summed E-state index contributed by atoms with van der Waals surface area (Å²) in [6.07, 6.45) is 1.97. The topological polar surface area (TPSA) is 35.8 Å². The largest absolute Gasteiger partial charge is 0.375 e. The molecular weight excluding hydrogens is 259 g/mol. The quantitative estimate of drug-likeness (QED) is 0.857. The first-order valence-corrected chi connectivity index (χ1v) is 7.12. The fourth-order valence-corrected chi connectivity index (χ4v) is 2.77. The second-order valence-corrected chi connectivity index (χ2v) is 5.29. The van der Waals surface area contributed by atoms with Crippen molar-refractivity contribution in [3.63, 3.8) is 0 Å². The summed E-state index contributed by atoms with van der Waals surface area (Å²) in [4.78, 5) is 1.20. The Hall–Kier alpha value is -1.86. The van der Waals surface area contributed by atoms with E-state index < -0.39 is 0 Å². The molecule has 2 nitrogen and oxygen atoms in total. The molecular formula is C15H15FN2S. The molecule has 98 valence electrons. The van der Waals surface area contributed by atoms with Crippen molar-refractivity contribution in [1.29, 1.82) is 5.26 Å². The third kappa shape index (κ3) is 3.33. The standard InChI is InChI=1S/C15H15FN2S/c1-2-4-14(15-5-3-8-19-15)18-13-7-6-11(10-17)9-12(13)16/h3,5-9,14,18H,2,4H2,1H3. The molecule has 0 aliphatic carbocycles. The van der Waals surface area contributed by atoms with Gasteiger partial charge in [0.25, 0.3) is 0 Å². The molecule has 2 rings (SSSR count). The van der Waals surface area contributed by atoms with Crippen molar-refractivity contribution in [2.45, 2.75) is 25.8 Å². The molecule has 4 heteroatoms. The van der Waals surface area contributed by atoms with E-state index in [0.29, 0.717) is 11.3 Å². The second kappa shape index (κ2) is 6.35. The maximum Gasteiger partial charge on any atom is 0.147 e. The minimum absolute atomic E-state index is 0.118. The van der Waals surface area contributed by atoms with E-state index in [9.17, 15) is 4.39 Å². The van der Waals surface area contributed by atoms with Gasteiger partial charge in [-0.25, -0.2) is 4.39 Å². The Kier molecular flexibility index (Phi) is 4.53. The number of hydrogen-bond acceptors (Lipinski definition) is 3. The lowest BCUT2D eigenvalue weighted by Gasteiger charge is -2.18. The molecule has 0 bridgehead atoms. The molecule has 2 aromatic rings. The van der Waals surface area contributed by atoms with Gasteiger partial charge in [-0.05, 0) is 36.1 Å². The zero-order valence-corrected chi connectivity index (χ0v) is 11.5. The lowest BCUT2D eigenvalue weighted by Crippen LogP contribution is -2.10. The Labute approximate surface area is 116 Å². The molecule has 1 aromatic heterocycles. The normalized spacial score (nSPS) is 11.8. The van der Waals surface area contributed by atoms with Crippen LogP contribution in [0.25, 0.3) is 0 Å². The summed E-state index contributed by atoms with van der Waals surface area (Å²) in [6.45, 7) is 2.11. The van der Waals surface area contributed by atoms with E-state index in [1.165, 1.54) is 10.9 Å². The molecule has 1 aromatic carbocycles. The van der Waals surface area contributed by atoms with Gasteiger partial charge in [0.15, 0.2) is 0 Å². The molecule has 0 spiro atoms. The van der Waals surface area contributed by atoms with Crippen LogP contribution in [0.3, 0.4) is 0 Å². The summed E-state index contributed by atoms with van der Waals surface area (Å²) in [5.41, 5.74) is 0.789. The number of nitriles is 1. The van der Waals surface area contributed by atoms with E-state index in [-0.39, 0.29) is 11.9 Å². The zero-order valence-electron chi connectivity index (χ0n) is 10.7. The molecule has 0 radical (unpaired) electrons. The van der Waals surface area contributed by atoms with Crippen LogP contribution in [0.1, 0.15) is 36.2 Å². The first-order chi connectivity index (χ1) is 9.24. The highest BCUT2D eigenvalue weighted by atomic mass is 32.1. The maximum atomic E-state index is 13.9. The van der Waals surface area contributed by atoms with Crippen molar-refractivity contribution in [2.24, 2.45) is 0 Å². The smallest absolute Gasteiger partial charge is 0.147 e. The Balaban J connectivity index is 2.20. The Bertz CT molecular complexity index is 572. The molecule has 1 N–H and O–H groups in total. The van der Waals surface area contributed by atoms with E-state index in [1.807, 2.05) is 17.5 Å². The predicted octanol–water partition coefficient (Wildman–Crippen LogP) is 4.71. The van der Waals surface area contributed by atoms with Crippen LogP contribution in [0.2, 0.25) is 0 Å². The number of hydrogen-bond donors (Lipinski definition) is 1. The van der Waals surface area contributed by atoms with Crippen LogP contribution < -0.4 is 5.32 Å². The van der Waals surface area contributed by atoms with E-state index >= 15 is 0 Å². The molecule has 0 saturated carbocycles. The van der Waals surface area contributed by atoms with Crippen LogP contribution >= 0.6 is 11.3 Å². The van der Waals surface area contributed by atoms with Crippen LogP contribution in [0, 0.1) is 17.1 Å². The van der Waals surface area contributed by atoms with Gasteiger partial charge in [-0.2, -0.15) is 5.26 Å². The highest BCUT2D eigenvalue weighted by Crippen LogP contribution is 2.28. The maximum absolute atomic E-state index is 13.9. The summed E-state index contributed by atoms with van der Waals surface area (Å²) >= 11 is 1.67. The van der Waals surface area contributed by atoms with Crippen LogP contribution in [0.5, 0.6) is 0 Å². The summed E-state index contributed by atoms with van der Waals surface area (Å²) in [5.74, 6) is -0.378. The molecule has 0 aliphatic heterocycles. The van der Waals surface area contributed by atoms with Crippen molar-refractivity contribution in [3.05, 3.63) is 52.0 Å². The van der Waals surface area contributed by atoms with Gasteiger partial charge in [0, 0.05) is 4.88 Å². The monoisotopic (exact) mass is 274 g/mol. The van der Waals surface area contributed by atoms with Gasteiger partial charge < -0.3 is 5.32 Å². The number of nitrogens with one attached hydrogen (secondary N) is 1. The molecule has 0 saturated heterocycles. The van der Waals surface area contributed by atoms with Gasteiger partial charge in [-0.1, -0.05) is 19.4 Å². The molecule has 1 atom stereocenters. The Morgan fingerprint density at radius 1 is 1.42 bits per heavy atom. The first kappa shape index (κ1) is 13.6. The Morgan fingerprint density at radius 2 is 2.26 bits per heavy atom. The number of rotatable bonds is 5. The molecule has 0 fully saturated rings. The number of anilines is 1. The predicted molar refractivity (Wildman–Crippen MR) is 76.7 cm³/mol. The highest BCUT2D eigenvalue weighted by Gasteiger charge is 2.13. The fraction of sp³-hybridized carbons (Fsp3) is 0.267. The van der Waals surface area contributed by atoms with E-state index in [0.717, 1.165) is 12.8 Å². The average Bonchev–Trinajstić information content (AvgIpc) is 2.94. The Morgan fingerprint density at radius 3 is 2.84 bits per heavy atom. The number of nitrogens with zero attached hydrogens (tertiary/aromatic N) is 1. The van der Waals surface area contributed by atoms with Crippen LogP contribution in [-0.4, -0.2) is 0 Å². The minimum Gasteiger partial charge on any atom is -0.375 e. The molecule has 0 amide bonds. The summed E-state index contributed by atoms with van der Waals surface area (Å²) in [5, 5.41) is 14.0. The molecule has 19 heavy (non-hydrogen) atoms. The van der Waals surface area contributed by atoms with Gasteiger partial charge in [0.1, 0.15) is 5.82 Å². The number of halogens is 1. The summed E-state index contributed by atoms with van der Waals surface area (Å²) < 4.78 is 13.9. The van der Waals surface area contributed by atoms with Crippen molar-refractivity contribution in [1.82, 2.24) is 0 Å². The van der Waals surface area contributed by atoms with E-state index in [2.05, 4.69) is 18.3 Å². The van der Waals surface area contributed by atoms with Crippen LogP contribution in [0.15, 0.2) is 35.7 Å². The average molecular weight is 274 g/mol. The summed E-state index contributed by atoms with van der Waals surface area (Å²) in [6, 6.07) is 10.6. The van der Waals surface area contributed by atoms with Crippen LogP contribution in [-0.2, 0) is 0 Å². The van der Waals surface area contributed by atoms with Gasteiger partial charge in [0.05, 0.1) is 23.4 Å². The number of benzene rings is 1. The highest BCUT2D eigenvalue weighted by molar-refractivity contribution is 7.10. The second-order valence-electron chi connectivity index (χ2n) is 4.31. The van der Waals surface area contributed by atoms with E-state index in [1.54, 1.807) is 23.5 Å². The van der Waals surface area contributed by atoms with Gasteiger partial charge in [0.2, 0.25) is 0 Å². The minimum atomic E-state index is -0.378. The van der Waals surface area contributed by atoms with Crippen molar-refractivity contribution >= 4 is 17.0 Å². The van der Waals surface area contributed by atoms with Crippen LogP contribution in [0.4, 0.5) is 10.1 Å². The lowest BCUT2D eigenvalue weighted by molar-refractivity contribution is 0.619. The first-order valence-electron chi connectivity index (χ1n) is 6.24. The summed E-state index contributed by atoms with van der Waals surface area (Å²) in [7, 11) is 0. The molecule has 1 unspecified atom stereocenters. The fourth-order valence-electron chi connectivity index (χ4n) is 1.95. The molecule has 0 aliphatic rings. The van der Waals surface area contributed by atoms with E-state index in [4.69, 9.17) is 5.26 Å². The zero-order chi connectivity index (χ0) is 13.7. The van der Waals surface area contributed by atoms with Gasteiger partial charge >= 0.3 is 0 Å². The lowest BCUT2D eigenvalue weighted by atomic mass is 10.1. The van der Waals surface area contributed by atoms with Gasteiger partial charge in [-0.15, -0.1) is 11.3 Å². The third-order valence-electron chi connectivity index (χ3n) is 2.89. The third-order valence-corrected chi connectivity index (χ3v) is 3.88. The number of thiophene rings is 1. The van der Waals surface area contributed by atoms with Crippen molar-refractivity contribution in [3.8, 4) is 6.07 Å². The van der Waals surface area contributed by atoms with Crippen molar-refractivity contribution < 1.29 is 4.39 Å².